The molecular weight excluding hydrogens is 236 g/mol. The van der Waals surface area contributed by atoms with Crippen molar-refractivity contribution in [1.82, 2.24) is 0 Å². The normalized spacial score (nSPS) is 11.8. The lowest BCUT2D eigenvalue weighted by atomic mass is 10.1. The van der Waals surface area contributed by atoms with Crippen molar-refractivity contribution in [2.45, 2.75) is 19.8 Å². The Morgan fingerprint density at radius 3 is 2.83 bits per heavy atom. The summed E-state index contributed by atoms with van der Waals surface area (Å²) in [4.78, 5) is 21.3. The average Bonchev–Trinajstić information content (AvgIpc) is 2.34. The summed E-state index contributed by atoms with van der Waals surface area (Å²) < 4.78 is 5.35. The van der Waals surface area contributed by atoms with Crippen LogP contribution < -0.4 is 4.74 Å². The third-order valence-corrected chi connectivity index (χ3v) is 2.62. The largest absolute Gasteiger partial charge is 0.507 e. The monoisotopic (exact) mass is 252 g/mol. The minimum atomic E-state index is -0.832. The van der Waals surface area contributed by atoms with E-state index >= 15 is 0 Å². The number of phenols is 1. The zero-order valence-electron chi connectivity index (χ0n) is 10.1. The summed E-state index contributed by atoms with van der Waals surface area (Å²) in [6, 6.07) is 4.57. The topological polar surface area (TPSA) is 83.8 Å². The van der Waals surface area contributed by atoms with Crippen LogP contribution in [0.1, 0.15) is 30.1 Å². The van der Waals surface area contributed by atoms with Crippen molar-refractivity contribution in [3.8, 4) is 11.5 Å². The summed E-state index contributed by atoms with van der Waals surface area (Å²) in [6.07, 6.45) is 1.61. The molecule has 0 aromatic heterocycles. The summed E-state index contributed by atoms with van der Waals surface area (Å²) >= 11 is 0. The number of carboxylic acid groups (broad SMARTS) is 1. The Kier molecular flexibility index (Phi) is 5.17. The number of aromatic hydroxyl groups is 1. The number of benzene rings is 1. The number of hydrogen-bond donors (Lipinski definition) is 2. The first-order chi connectivity index (χ1) is 8.56. The highest BCUT2D eigenvalue weighted by molar-refractivity contribution is 5.83. The van der Waals surface area contributed by atoms with Gasteiger partial charge in [-0.05, 0) is 25.0 Å². The van der Waals surface area contributed by atoms with Gasteiger partial charge in [-0.2, -0.15) is 0 Å². The predicted octanol–water partition coefficient (Wildman–Crippen LogP) is 2.08. The SMILES string of the molecule is CC(CCCOc1cccc(O)c1C=O)C(=O)O. The zero-order chi connectivity index (χ0) is 13.5. The van der Waals surface area contributed by atoms with E-state index in [1.807, 2.05) is 0 Å². The van der Waals surface area contributed by atoms with E-state index in [0.717, 1.165) is 0 Å². The van der Waals surface area contributed by atoms with Crippen molar-refractivity contribution in [2.75, 3.05) is 6.61 Å². The van der Waals surface area contributed by atoms with Crippen LogP contribution in [0.15, 0.2) is 18.2 Å². The fourth-order valence-electron chi connectivity index (χ4n) is 1.47. The van der Waals surface area contributed by atoms with Crippen LogP contribution in [-0.2, 0) is 4.79 Å². The number of aldehydes is 1. The van der Waals surface area contributed by atoms with Gasteiger partial charge in [0.25, 0.3) is 0 Å². The molecule has 0 fully saturated rings. The van der Waals surface area contributed by atoms with Crippen LogP contribution in [0.5, 0.6) is 11.5 Å². The summed E-state index contributed by atoms with van der Waals surface area (Å²) in [5, 5.41) is 18.1. The van der Waals surface area contributed by atoms with E-state index in [1.54, 1.807) is 19.1 Å². The van der Waals surface area contributed by atoms with Gasteiger partial charge in [0, 0.05) is 0 Å². The predicted molar refractivity (Wildman–Crippen MR) is 65.0 cm³/mol. The van der Waals surface area contributed by atoms with Crippen molar-refractivity contribution in [1.29, 1.82) is 0 Å². The summed E-state index contributed by atoms with van der Waals surface area (Å²) in [6.45, 7) is 1.94. The molecule has 0 saturated heterocycles. The number of hydrogen-bond acceptors (Lipinski definition) is 4. The second kappa shape index (κ2) is 6.64. The number of carbonyl (C=O) groups excluding carboxylic acids is 1. The van der Waals surface area contributed by atoms with E-state index in [9.17, 15) is 14.7 Å². The molecule has 18 heavy (non-hydrogen) atoms. The van der Waals surface area contributed by atoms with E-state index in [2.05, 4.69) is 0 Å². The Morgan fingerprint density at radius 2 is 2.22 bits per heavy atom. The third kappa shape index (κ3) is 3.76. The van der Waals surface area contributed by atoms with Gasteiger partial charge in [-0.3, -0.25) is 9.59 Å². The van der Waals surface area contributed by atoms with Gasteiger partial charge in [0.1, 0.15) is 11.5 Å². The molecule has 5 heteroatoms. The molecule has 1 atom stereocenters. The third-order valence-electron chi connectivity index (χ3n) is 2.62. The molecule has 0 amide bonds. The quantitative estimate of drug-likeness (QED) is 0.573. The lowest BCUT2D eigenvalue weighted by Gasteiger charge is -2.10. The summed E-state index contributed by atoms with van der Waals surface area (Å²) in [5.41, 5.74) is 0.115. The van der Waals surface area contributed by atoms with E-state index in [1.165, 1.54) is 6.07 Å². The molecule has 1 rings (SSSR count). The summed E-state index contributed by atoms with van der Waals surface area (Å²) in [5.74, 6) is -1.06. The summed E-state index contributed by atoms with van der Waals surface area (Å²) in [7, 11) is 0. The van der Waals surface area contributed by atoms with E-state index in [-0.39, 0.29) is 11.3 Å². The maximum absolute atomic E-state index is 10.8. The first-order valence-corrected chi connectivity index (χ1v) is 5.69. The molecule has 0 radical (unpaired) electrons. The molecule has 0 heterocycles. The molecule has 0 bridgehead atoms. The van der Waals surface area contributed by atoms with Crippen LogP contribution in [0.3, 0.4) is 0 Å². The Hall–Kier alpha value is -2.04. The van der Waals surface area contributed by atoms with Gasteiger partial charge < -0.3 is 14.9 Å². The number of ether oxygens (including phenoxy) is 1. The molecular formula is C13H16O5. The van der Waals surface area contributed by atoms with E-state index in [4.69, 9.17) is 9.84 Å². The van der Waals surface area contributed by atoms with Gasteiger partial charge in [0.2, 0.25) is 0 Å². The molecule has 2 N–H and O–H groups in total. The van der Waals surface area contributed by atoms with Gasteiger partial charge >= 0.3 is 5.97 Å². The van der Waals surface area contributed by atoms with Gasteiger partial charge in [-0.1, -0.05) is 13.0 Å². The van der Waals surface area contributed by atoms with Crippen LogP contribution in [-0.4, -0.2) is 29.1 Å². The molecule has 0 aliphatic rings. The molecule has 5 nitrogen and oxygen atoms in total. The molecule has 0 aliphatic carbocycles. The number of rotatable bonds is 7. The second-order valence-electron chi connectivity index (χ2n) is 4.04. The highest BCUT2D eigenvalue weighted by Gasteiger charge is 2.11. The lowest BCUT2D eigenvalue weighted by molar-refractivity contribution is -0.141. The number of carbonyl (C=O) groups is 2. The molecule has 0 spiro atoms. The van der Waals surface area contributed by atoms with Crippen molar-refractivity contribution >= 4 is 12.3 Å². The van der Waals surface area contributed by atoms with Crippen LogP contribution >= 0.6 is 0 Å². The van der Waals surface area contributed by atoms with Crippen molar-refractivity contribution in [3.05, 3.63) is 23.8 Å². The molecule has 0 saturated carbocycles. The number of phenolic OH excluding ortho intramolecular Hbond substituents is 1. The van der Waals surface area contributed by atoms with Crippen LogP contribution in [0.25, 0.3) is 0 Å². The highest BCUT2D eigenvalue weighted by atomic mass is 16.5. The minimum absolute atomic E-state index is 0.115. The van der Waals surface area contributed by atoms with Gasteiger partial charge in [0.05, 0.1) is 18.1 Å². The first-order valence-electron chi connectivity index (χ1n) is 5.69. The Balaban J connectivity index is 2.47. The molecule has 1 aromatic carbocycles. The zero-order valence-corrected chi connectivity index (χ0v) is 10.1. The highest BCUT2D eigenvalue weighted by Crippen LogP contribution is 2.25. The maximum atomic E-state index is 10.8. The van der Waals surface area contributed by atoms with Gasteiger partial charge in [0.15, 0.2) is 6.29 Å². The van der Waals surface area contributed by atoms with Crippen molar-refractivity contribution < 1.29 is 24.5 Å². The van der Waals surface area contributed by atoms with Crippen LogP contribution in [0, 0.1) is 5.92 Å². The number of aliphatic carboxylic acids is 1. The van der Waals surface area contributed by atoms with Crippen molar-refractivity contribution in [2.24, 2.45) is 5.92 Å². The molecule has 0 aliphatic heterocycles. The Bertz CT molecular complexity index is 427. The first kappa shape index (κ1) is 14.0. The lowest BCUT2D eigenvalue weighted by Crippen LogP contribution is -2.11. The second-order valence-corrected chi connectivity index (χ2v) is 4.04. The number of carboxylic acids is 1. The van der Waals surface area contributed by atoms with E-state index in [0.29, 0.717) is 31.5 Å². The van der Waals surface area contributed by atoms with Gasteiger partial charge in [-0.25, -0.2) is 0 Å². The maximum Gasteiger partial charge on any atom is 0.306 e. The fraction of sp³-hybridized carbons (Fsp3) is 0.385. The smallest absolute Gasteiger partial charge is 0.306 e. The standard InChI is InChI=1S/C13H16O5/c1-9(13(16)17)4-3-7-18-12-6-2-5-11(15)10(12)8-14/h2,5-6,8-9,15H,3-4,7H2,1H3,(H,16,17). The van der Waals surface area contributed by atoms with Crippen LogP contribution in [0.2, 0.25) is 0 Å². The van der Waals surface area contributed by atoms with Crippen molar-refractivity contribution in [3.63, 3.8) is 0 Å². The van der Waals surface area contributed by atoms with E-state index < -0.39 is 11.9 Å². The minimum Gasteiger partial charge on any atom is -0.507 e. The molecule has 98 valence electrons. The average molecular weight is 252 g/mol. The molecule has 1 unspecified atom stereocenters. The van der Waals surface area contributed by atoms with Crippen LogP contribution in [0.4, 0.5) is 0 Å². The molecule has 1 aromatic rings. The Labute approximate surface area is 105 Å². The Morgan fingerprint density at radius 1 is 1.50 bits per heavy atom. The van der Waals surface area contributed by atoms with Gasteiger partial charge in [-0.15, -0.1) is 0 Å². The fourth-order valence-corrected chi connectivity index (χ4v) is 1.47.